The summed E-state index contributed by atoms with van der Waals surface area (Å²) in [4.78, 5) is 4.12. The Balaban J connectivity index is 2.26. The SMILES string of the molecule is Cn1c(C2CCCC2CN)cnc1Cl. The zero-order valence-electron chi connectivity index (χ0n) is 8.41. The summed E-state index contributed by atoms with van der Waals surface area (Å²) in [7, 11) is 1.97. The van der Waals surface area contributed by atoms with Gasteiger partial charge < -0.3 is 10.3 Å². The van der Waals surface area contributed by atoms with Gasteiger partial charge in [-0.15, -0.1) is 0 Å². The summed E-state index contributed by atoms with van der Waals surface area (Å²) in [6.45, 7) is 0.771. The normalized spacial score (nSPS) is 27.1. The van der Waals surface area contributed by atoms with Gasteiger partial charge in [0.1, 0.15) is 0 Å². The Morgan fingerprint density at radius 3 is 3.00 bits per heavy atom. The minimum atomic E-state index is 0.560. The van der Waals surface area contributed by atoms with Crippen molar-refractivity contribution < 1.29 is 0 Å². The Bertz CT molecular complexity index is 321. The predicted molar refractivity (Wildman–Crippen MR) is 57.4 cm³/mol. The van der Waals surface area contributed by atoms with Gasteiger partial charge in [0.05, 0.1) is 6.20 Å². The third kappa shape index (κ3) is 1.55. The van der Waals surface area contributed by atoms with Gasteiger partial charge in [0.2, 0.25) is 5.28 Å². The molecular formula is C10H16ClN3. The molecule has 4 heteroatoms. The van der Waals surface area contributed by atoms with Crippen LogP contribution in [0.15, 0.2) is 6.20 Å². The Morgan fingerprint density at radius 1 is 1.64 bits per heavy atom. The van der Waals surface area contributed by atoms with E-state index in [2.05, 4.69) is 4.98 Å². The van der Waals surface area contributed by atoms with Crippen molar-refractivity contribution in [3.63, 3.8) is 0 Å². The van der Waals surface area contributed by atoms with Crippen LogP contribution in [0, 0.1) is 5.92 Å². The summed E-state index contributed by atoms with van der Waals surface area (Å²) in [5.41, 5.74) is 6.99. The van der Waals surface area contributed by atoms with E-state index in [1.54, 1.807) is 0 Å². The van der Waals surface area contributed by atoms with E-state index in [0.29, 0.717) is 17.1 Å². The molecule has 2 N–H and O–H groups in total. The lowest BCUT2D eigenvalue weighted by Crippen LogP contribution is -2.18. The maximum absolute atomic E-state index is 5.92. The van der Waals surface area contributed by atoms with Crippen molar-refractivity contribution in [1.29, 1.82) is 0 Å². The number of imidazole rings is 1. The van der Waals surface area contributed by atoms with Crippen LogP contribution in [0.4, 0.5) is 0 Å². The zero-order chi connectivity index (χ0) is 10.1. The molecule has 14 heavy (non-hydrogen) atoms. The van der Waals surface area contributed by atoms with Crippen molar-refractivity contribution in [3.8, 4) is 0 Å². The smallest absolute Gasteiger partial charge is 0.202 e. The van der Waals surface area contributed by atoms with Crippen molar-refractivity contribution in [1.82, 2.24) is 9.55 Å². The lowest BCUT2D eigenvalue weighted by Gasteiger charge is -2.18. The molecule has 0 aromatic carbocycles. The molecule has 78 valence electrons. The maximum atomic E-state index is 5.92. The monoisotopic (exact) mass is 213 g/mol. The first-order chi connectivity index (χ1) is 6.74. The maximum Gasteiger partial charge on any atom is 0.202 e. The number of nitrogens with zero attached hydrogens (tertiary/aromatic N) is 2. The highest BCUT2D eigenvalue weighted by Gasteiger charge is 2.29. The van der Waals surface area contributed by atoms with Gasteiger partial charge in [0.25, 0.3) is 0 Å². The Morgan fingerprint density at radius 2 is 2.43 bits per heavy atom. The average Bonchev–Trinajstić information content (AvgIpc) is 2.75. The second-order valence-corrected chi connectivity index (χ2v) is 4.38. The van der Waals surface area contributed by atoms with Crippen LogP contribution in [0.3, 0.4) is 0 Å². The Hall–Kier alpha value is -0.540. The van der Waals surface area contributed by atoms with E-state index in [-0.39, 0.29) is 0 Å². The number of nitrogens with two attached hydrogens (primary N) is 1. The van der Waals surface area contributed by atoms with Gasteiger partial charge in [0.15, 0.2) is 0 Å². The molecule has 3 nitrogen and oxygen atoms in total. The predicted octanol–water partition coefficient (Wildman–Crippen LogP) is 1.92. The molecule has 1 aliphatic rings. The van der Waals surface area contributed by atoms with Crippen LogP contribution in [0.25, 0.3) is 0 Å². The second-order valence-electron chi connectivity index (χ2n) is 4.04. The van der Waals surface area contributed by atoms with E-state index in [4.69, 9.17) is 17.3 Å². The van der Waals surface area contributed by atoms with Gasteiger partial charge >= 0.3 is 0 Å². The number of aromatic nitrogens is 2. The third-order valence-corrected chi connectivity index (χ3v) is 3.66. The lowest BCUT2D eigenvalue weighted by atomic mass is 9.93. The molecular weight excluding hydrogens is 198 g/mol. The van der Waals surface area contributed by atoms with E-state index in [1.807, 2.05) is 17.8 Å². The summed E-state index contributed by atoms with van der Waals surface area (Å²) in [6, 6.07) is 0. The Labute approximate surface area is 89.3 Å². The highest BCUT2D eigenvalue weighted by atomic mass is 35.5. The van der Waals surface area contributed by atoms with Crippen LogP contribution < -0.4 is 5.73 Å². The number of hydrogen-bond acceptors (Lipinski definition) is 2. The van der Waals surface area contributed by atoms with Crippen molar-refractivity contribution in [2.75, 3.05) is 6.54 Å². The minimum absolute atomic E-state index is 0.560. The molecule has 0 radical (unpaired) electrons. The molecule has 1 saturated carbocycles. The molecule has 1 heterocycles. The molecule has 1 aromatic rings. The molecule has 1 aromatic heterocycles. The van der Waals surface area contributed by atoms with Crippen molar-refractivity contribution >= 4 is 11.6 Å². The van der Waals surface area contributed by atoms with Crippen LogP contribution in [-0.4, -0.2) is 16.1 Å². The number of halogens is 1. The standard InChI is InChI=1S/C10H16ClN3/c1-14-9(6-13-10(14)11)8-4-2-3-7(8)5-12/h6-8H,2-5,12H2,1H3. The quantitative estimate of drug-likeness (QED) is 0.816. The second kappa shape index (κ2) is 3.91. The first kappa shape index (κ1) is 9.99. The van der Waals surface area contributed by atoms with Crippen LogP contribution >= 0.6 is 11.6 Å². The van der Waals surface area contributed by atoms with E-state index < -0.39 is 0 Å². The van der Waals surface area contributed by atoms with E-state index >= 15 is 0 Å². The highest BCUT2D eigenvalue weighted by Crippen LogP contribution is 2.39. The summed E-state index contributed by atoms with van der Waals surface area (Å²) < 4.78 is 1.97. The van der Waals surface area contributed by atoms with Gasteiger partial charge in [-0.25, -0.2) is 4.98 Å². The molecule has 0 aliphatic heterocycles. The van der Waals surface area contributed by atoms with Gasteiger partial charge in [0, 0.05) is 18.7 Å². The lowest BCUT2D eigenvalue weighted by molar-refractivity contribution is 0.477. The van der Waals surface area contributed by atoms with Crippen molar-refractivity contribution in [2.24, 2.45) is 18.7 Å². The fraction of sp³-hybridized carbons (Fsp3) is 0.700. The molecule has 0 saturated heterocycles. The van der Waals surface area contributed by atoms with Crippen LogP contribution in [0.5, 0.6) is 0 Å². The zero-order valence-corrected chi connectivity index (χ0v) is 9.17. The largest absolute Gasteiger partial charge is 0.330 e. The van der Waals surface area contributed by atoms with E-state index in [1.165, 1.54) is 25.0 Å². The Kier molecular flexibility index (Phi) is 2.79. The molecule has 0 spiro atoms. The van der Waals surface area contributed by atoms with Crippen LogP contribution in [0.2, 0.25) is 5.28 Å². The van der Waals surface area contributed by atoms with Crippen molar-refractivity contribution in [2.45, 2.75) is 25.2 Å². The fourth-order valence-corrected chi connectivity index (χ4v) is 2.60. The summed E-state index contributed by atoms with van der Waals surface area (Å²) >= 11 is 5.92. The molecule has 1 aliphatic carbocycles. The summed E-state index contributed by atoms with van der Waals surface area (Å²) in [6.07, 6.45) is 5.62. The molecule has 2 rings (SSSR count). The molecule has 0 bridgehead atoms. The van der Waals surface area contributed by atoms with Crippen LogP contribution in [-0.2, 0) is 7.05 Å². The summed E-state index contributed by atoms with van der Waals surface area (Å²) in [5, 5.41) is 0.572. The number of rotatable bonds is 2. The third-order valence-electron chi connectivity index (χ3n) is 3.31. The van der Waals surface area contributed by atoms with E-state index in [9.17, 15) is 0 Å². The number of hydrogen-bond donors (Lipinski definition) is 1. The average molecular weight is 214 g/mol. The first-order valence-corrected chi connectivity index (χ1v) is 5.49. The molecule has 1 fully saturated rings. The first-order valence-electron chi connectivity index (χ1n) is 5.11. The summed E-state index contributed by atoms with van der Waals surface area (Å²) in [5.74, 6) is 1.17. The topological polar surface area (TPSA) is 43.8 Å². The minimum Gasteiger partial charge on any atom is -0.330 e. The van der Waals surface area contributed by atoms with Gasteiger partial charge in [-0.05, 0) is 36.9 Å². The van der Waals surface area contributed by atoms with Gasteiger partial charge in [-0.3, -0.25) is 0 Å². The highest BCUT2D eigenvalue weighted by molar-refractivity contribution is 6.28. The van der Waals surface area contributed by atoms with Crippen LogP contribution in [0.1, 0.15) is 30.9 Å². The fourth-order valence-electron chi connectivity index (χ4n) is 2.45. The van der Waals surface area contributed by atoms with Gasteiger partial charge in [-0.2, -0.15) is 0 Å². The molecule has 2 unspecified atom stereocenters. The molecule has 0 amide bonds. The van der Waals surface area contributed by atoms with E-state index in [0.717, 1.165) is 6.54 Å². The molecule has 2 atom stereocenters. The van der Waals surface area contributed by atoms with Crippen molar-refractivity contribution in [3.05, 3.63) is 17.2 Å². The van der Waals surface area contributed by atoms with Gasteiger partial charge in [-0.1, -0.05) is 6.42 Å².